The lowest BCUT2D eigenvalue weighted by atomic mass is 9.84. The summed E-state index contributed by atoms with van der Waals surface area (Å²) in [5, 5.41) is 12.3. The topological polar surface area (TPSA) is 93.9 Å². The number of benzene rings is 3. The van der Waals surface area contributed by atoms with Crippen LogP contribution in [0.1, 0.15) is 62.0 Å². The number of amides is 1. The molecule has 2 aliphatic rings. The third-order valence-electron chi connectivity index (χ3n) is 6.41. The SMILES string of the molecule is O=C(CSc1nnc(C2CC2)n1Cc1ccccc1)Nc1ccc2c(c1)C(=O)c1ccccc1C2=O. The minimum atomic E-state index is -0.225. The summed E-state index contributed by atoms with van der Waals surface area (Å²) >= 11 is 1.34. The lowest BCUT2D eigenvalue weighted by molar-refractivity contribution is -0.113. The van der Waals surface area contributed by atoms with Crippen molar-refractivity contribution in [2.75, 3.05) is 11.1 Å². The van der Waals surface area contributed by atoms with Crippen LogP contribution in [-0.2, 0) is 11.3 Å². The first-order valence-corrected chi connectivity index (χ1v) is 12.8. The fourth-order valence-electron chi connectivity index (χ4n) is 4.47. The van der Waals surface area contributed by atoms with Crippen molar-refractivity contribution in [2.24, 2.45) is 0 Å². The van der Waals surface area contributed by atoms with Crippen molar-refractivity contribution in [1.82, 2.24) is 14.8 Å². The molecule has 0 unspecified atom stereocenters. The van der Waals surface area contributed by atoms with Crippen LogP contribution in [0.2, 0.25) is 0 Å². The van der Waals surface area contributed by atoms with E-state index in [1.54, 1.807) is 42.5 Å². The average molecular weight is 495 g/mol. The highest BCUT2D eigenvalue weighted by Crippen LogP contribution is 2.40. The van der Waals surface area contributed by atoms with E-state index in [1.165, 1.54) is 11.8 Å². The first-order valence-electron chi connectivity index (χ1n) is 11.8. The maximum atomic E-state index is 13.0. The number of aromatic nitrogens is 3. The molecule has 0 atom stereocenters. The van der Waals surface area contributed by atoms with Crippen molar-refractivity contribution in [3.63, 3.8) is 0 Å². The summed E-state index contributed by atoms with van der Waals surface area (Å²) in [4.78, 5) is 38.6. The van der Waals surface area contributed by atoms with E-state index in [4.69, 9.17) is 0 Å². The molecule has 0 bridgehead atoms. The average Bonchev–Trinajstić information content (AvgIpc) is 3.68. The van der Waals surface area contributed by atoms with Crippen molar-refractivity contribution in [3.8, 4) is 0 Å². The molecule has 36 heavy (non-hydrogen) atoms. The molecule has 1 aromatic heterocycles. The first-order chi connectivity index (χ1) is 17.6. The maximum absolute atomic E-state index is 13.0. The van der Waals surface area contributed by atoms with Gasteiger partial charge in [0.2, 0.25) is 5.91 Å². The molecule has 1 fully saturated rings. The van der Waals surface area contributed by atoms with Gasteiger partial charge < -0.3 is 9.88 Å². The van der Waals surface area contributed by atoms with E-state index in [-0.39, 0.29) is 23.2 Å². The monoisotopic (exact) mass is 494 g/mol. The van der Waals surface area contributed by atoms with Gasteiger partial charge in [-0.1, -0.05) is 66.4 Å². The third-order valence-corrected chi connectivity index (χ3v) is 7.38. The number of nitrogens with one attached hydrogen (secondary N) is 1. The summed E-state index contributed by atoms with van der Waals surface area (Å²) < 4.78 is 2.10. The van der Waals surface area contributed by atoms with Crippen LogP contribution in [0.4, 0.5) is 5.69 Å². The summed E-state index contributed by atoms with van der Waals surface area (Å²) in [6.45, 7) is 0.659. The second-order valence-electron chi connectivity index (χ2n) is 8.99. The number of rotatable bonds is 7. The highest BCUT2D eigenvalue weighted by molar-refractivity contribution is 7.99. The van der Waals surface area contributed by atoms with Gasteiger partial charge in [0.05, 0.1) is 12.3 Å². The Hall–Kier alpha value is -4.04. The number of thioether (sulfide) groups is 1. The number of ketones is 2. The normalized spacial score (nSPS) is 14.3. The highest BCUT2D eigenvalue weighted by Gasteiger charge is 2.31. The number of carbonyl (C=O) groups excluding carboxylic acids is 3. The molecular formula is C28H22N4O3S. The van der Waals surface area contributed by atoms with E-state index in [1.807, 2.05) is 18.2 Å². The number of anilines is 1. The molecule has 3 aromatic carbocycles. The van der Waals surface area contributed by atoms with Crippen molar-refractivity contribution in [2.45, 2.75) is 30.5 Å². The van der Waals surface area contributed by atoms with E-state index >= 15 is 0 Å². The van der Waals surface area contributed by atoms with Crippen molar-refractivity contribution >= 4 is 34.9 Å². The molecule has 6 rings (SSSR count). The number of carbonyl (C=O) groups is 3. The van der Waals surface area contributed by atoms with E-state index < -0.39 is 0 Å². The Morgan fingerprint density at radius 2 is 1.53 bits per heavy atom. The summed E-state index contributed by atoms with van der Waals surface area (Å²) in [7, 11) is 0. The summed E-state index contributed by atoms with van der Waals surface area (Å²) in [6.07, 6.45) is 2.23. The Morgan fingerprint density at radius 1 is 0.861 bits per heavy atom. The molecule has 1 N–H and O–H groups in total. The van der Waals surface area contributed by atoms with Gasteiger partial charge in [0.25, 0.3) is 0 Å². The zero-order valence-electron chi connectivity index (χ0n) is 19.3. The van der Waals surface area contributed by atoms with Crippen LogP contribution in [-0.4, -0.2) is 38.0 Å². The van der Waals surface area contributed by atoms with Crippen LogP contribution in [0.3, 0.4) is 0 Å². The van der Waals surface area contributed by atoms with Crippen LogP contribution in [0.15, 0.2) is 78.0 Å². The van der Waals surface area contributed by atoms with Gasteiger partial charge in [-0.2, -0.15) is 0 Å². The Balaban J connectivity index is 1.16. The van der Waals surface area contributed by atoms with Gasteiger partial charge in [0.15, 0.2) is 16.7 Å². The van der Waals surface area contributed by atoms with Crippen molar-refractivity contribution in [1.29, 1.82) is 0 Å². The lowest BCUT2D eigenvalue weighted by Gasteiger charge is -2.18. The summed E-state index contributed by atoms with van der Waals surface area (Å²) in [5.74, 6) is 0.928. The Labute approximate surface area is 211 Å². The largest absolute Gasteiger partial charge is 0.325 e. The number of fused-ring (bicyclic) bond motifs is 2. The van der Waals surface area contributed by atoms with Crippen molar-refractivity contribution in [3.05, 3.63) is 106 Å². The predicted molar refractivity (Wildman–Crippen MR) is 137 cm³/mol. The van der Waals surface area contributed by atoms with Gasteiger partial charge in [0, 0.05) is 33.9 Å². The molecular weight excluding hydrogens is 472 g/mol. The molecule has 0 radical (unpaired) electrons. The molecule has 1 saturated carbocycles. The van der Waals surface area contributed by atoms with Crippen LogP contribution in [0.25, 0.3) is 0 Å². The van der Waals surface area contributed by atoms with Crippen molar-refractivity contribution < 1.29 is 14.4 Å². The zero-order valence-corrected chi connectivity index (χ0v) is 20.1. The Kier molecular flexibility index (Phi) is 5.73. The molecule has 0 spiro atoms. The van der Waals surface area contributed by atoms with Gasteiger partial charge in [-0.15, -0.1) is 10.2 Å². The molecule has 8 heteroatoms. The molecule has 1 amide bonds. The first kappa shape index (κ1) is 22.4. The van der Waals surface area contributed by atoms with E-state index in [9.17, 15) is 14.4 Å². The van der Waals surface area contributed by atoms with Crippen LogP contribution < -0.4 is 5.32 Å². The standard InChI is InChI=1S/C28H22N4O3S/c33-24(16-36-28-31-30-27(18-10-11-18)32(28)15-17-6-2-1-3-7-17)29-19-12-13-22-23(14-19)26(35)21-9-5-4-8-20(21)25(22)34/h1-9,12-14,18H,10-11,15-16H2,(H,29,33). The number of nitrogens with zero attached hydrogens (tertiary/aromatic N) is 3. The molecule has 0 aliphatic heterocycles. The second kappa shape index (κ2) is 9.20. The summed E-state index contributed by atoms with van der Waals surface area (Å²) in [6, 6.07) is 21.8. The van der Waals surface area contributed by atoms with Gasteiger partial charge in [-0.05, 0) is 36.6 Å². The van der Waals surface area contributed by atoms with Gasteiger partial charge >= 0.3 is 0 Å². The number of hydrogen-bond acceptors (Lipinski definition) is 6. The molecule has 4 aromatic rings. The quantitative estimate of drug-likeness (QED) is 0.329. The van der Waals surface area contributed by atoms with E-state index in [0.29, 0.717) is 45.6 Å². The predicted octanol–water partition coefficient (Wildman–Crippen LogP) is 4.71. The van der Waals surface area contributed by atoms with Gasteiger partial charge in [0.1, 0.15) is 5.82 Å². The van der Waals surface area contributed by atoms with E-state index in [0.717, 1.165) is 24.2 Å². The molecule has 1 heterocycles. The number of hydrogen-bond donors (Lipinski definition) is 1. The van der Waals surface area contributed by atoms with Gasteiger partial charge in [-0.25, -0.2) is 0 Å². The fraction of sp³-hybridized carbons (Fsp3) is 0.179. The fourth-order valence-corrected chi connectivity index (χ4v) is 5.21. The molecule has 2 aliphatic carbocycles. The lowest BCUT2D eigenvalue weighted by Crippen LogP contribution is -2.21. The summed E-state index contributed by atoms with van der Waals surface area (Å²) in [5.41, 5.74) is 3.09. The smallest absolute Gasteiger partial charge is 0.234 e. The maximum Gasteiger partial charge on any atom is 0.234 e. The van der Waals surface area contributed by atoms with Gasteiger partial charge in [-0.3, -0.25) is 14.4 Å². The highest BCUT2D eigenvalue weighted by atomic mass is 32.2. The third kappa shape index (κ3) is 4.24. The Bertz CT molecular complexity index is 1510. The molecule has 178 valence electrons. The van der Waals surface area contributed by atoms with E-state index in [2.05, 4.69) is 32.2 Å². The Morgan fingerprint density at radius 3 is 2.25 bits per heavy atom. The molecule has 7 nitrogen and oxygen atoms in total. The van der Waals surface area contributed by atoms with Crippen LogP contribution in [0.5, 0.6) is 0 Å². The van der Waals surface area contributed by atoms with Crippen LogP contribution in [0, 0.1) is 0 Å². The minimum Gasteiger partial charge on any atom is -0.325 e. The van der Waals surface area contributed by atoms with Crippen LogP contribution >= 0.6 is 11.8 Å². The zero-order chi connectivity index (χ0) is 24.6. The molecule has 0 saturated heterocycles. The second-order valence-corrected chi connectivity index (χ2v) is 9.93. The minimum absolute atomic E-state index is 0.143.